The van der Waals surface area contributed by atoms with Gasteiger partial charge in [0.15, 0.2) is 0 Å². The Kier molecular flexibility index (Phi) is 3.50. The fraction of sp³-hybridized carbons (Fsp3) is 0.692. The average molecular weight is 235 g/mol. The fourth-order valence-corrected chi connectivity index (χ4v) is 2.42. The minimum absolute atomic E-state index is 0.109. The summed E-state index contributed by atoms with van der Waals surface area (Å²) in [5.74, 6) is 0.109. The summed E-state index contributed by atoms with van der Waals surface area (Å²) in [7, 11) is 0. The summed E-state index contributed by atoms with van der Waals surface area (Å²) in [5.41, 5.74) is 2.06. The number of aromatic nitrogens is 2. The van der Waals surface area contributed by atoms with Crippen molar-refractivity contribution in [1.29, 1.82) is 0 Å². The molecular weight excluding hydrogens is 214 g/mol. The van der Waals surface area contributed by atoms with Crippen LogP contribution in [0.3, 0.4) is 0 Å². The second-order valence-electron chi connectivity index (χ2n) is 4.99. The Labute approximate surface area is 102 Å². The lowest BCUT2D eigenvalue weighted by molar-refractivity contribution is -0.124. The third-order valence-corrected chi connectivity index (χ3v) is 3.78. The molecule has 1 saturated carbocycles. The first-order valence-electron chi connectivity index (χ1n) is 6.40. The van der Waals surface area contributed by atoms with Crippen molar-refractivity contribution in [3.8, 4) is 0 Å². The van der Waals surface area contributed by atoms with E-state index in [9.17, 15) is 4.79 Å². The van der Waals surface area contributed by atoms with Gasteiger partial charge >= 0.3 is 0 Å². The zero-order valence-corrected chi connectivity index (χ0v) is 10.9. The molecule has 1 fully saturated rings. The van der Waals surface area contributed by atoms with Gasteiger partial charge in [0.1, 0.15) is 6.04 Å². The number of carbonyl (C=O) groups is 1. The maximum atomic E-state index is 12.1. The first kappa shape index (κ1) is 12.1. The summed E-state index contributed by atoms with van der Waals surface area (Å²) in [5, 5.41) is 3.13. The van der Waals surface area contributed by atoms with Crippen molar-refractivity contribution >= 4 is 5.91 Å². The second kappa shape index (κ2) is 4.90. The molecule has 1 N–H and O–H groups in total. The molecule has 1 atom stereocenters. The van der Waals surface area contributed by atoms with Gasteiger partial charge in [-0.05, 0) is 33.6 Å². The topological polar surface area (TPSA) is 46.9 Å². The number of hydrogen-bond donors (Lipinski definition) is 1. The number of rotatable bonds is 3. The number of imidazole rings is 1. The number of aryl methyl sites for hydroxylation is 1. The van der Waals surface area contributed by atoms with Gasteiger partial charge in [-0.2, -0.15) is 0 Å². The highest BCUT2D eigenvalue weighted by atomic mass is 16.2. The van der Waals surface area contributed by atoms with Gasteiger partial charge in [-0.1, -0.05) is 12.8 Å². The summed E-state index contributed by atoms with van der Waals surface area (Å²) in [6, 6.07) is 0.215. The summed E-state index contributed by atoms with van der Waals surface area (Å²) in [6.07, 6.45) is 6.48. The number of nitrogens with zero attached hydrogens (tertiary/aromatic N) is 2. The predicted molar refractivity (Wildman–Crippen MR) is 66.8 cm³/mol. The summed E-state index contributed by atoms with van der Waals surface area (Å²) in [4.78, 5) is 16.3. The first-order chi connectivity index (χ1) is 8.09. The molecule has 0 saturated heterocycles. The van der Waals surface area contributed by atoms with E-state index in [0.29, 0.717) is 6.04 Å². The standard InChI is InChI=1S/C13H21N3O/c1-9-10(2)16(8-14-9)11(3)13(17)15-12-6-4-5-7-12/h8,11-12H,4-7H2,1-3H3,(H,15,17). The third kappa shape index (κ3) is 2.51. The Morgan fingerprint density at radius 1 is 1.47 bits per heavy atom. The van der Waals surface area contributed by atoms with Crippen LogP contribution in [0.15, 0.2) is 6.33 Å². The Morgan fingerprint density at radius 3 is 2.65 bits per heavy atom. The van der Waals surface area contributed by atoms with Crippen LogP contribution >= 0.6 is 0 Å². The molecule has 0 bridgehead atoms. The molecule has 4 heteroatoms. The summed E-state index contributed by atoms with van der Waals surface area (Å²) >= 11 is 0. The van der Waals surface area contributed by atoms with Crippen LogP contribution < -0.4 is 5.32 Å². The second-order valence-corrected chi connectivity index (χ2v) is 4.99. The Bertz CT molecular complexity index is 405. The van der Waals surface area contributed by atoms with E-state index >= 15 is 0 Å². The van der Waals surface area contributed by atoms with Crippen molar-refractivity contribution in [2.24, 2.45) is 0 Å². The minimum Gasteiger partial charge on any atom is -0.352 e. The monoisotopic (exact) mass is 235 g/mol. The first-order valence-corrected chi connectivity index (χ1v) is 6.40. The van der Waals surface area contributed by atoms with Crippen LogP contribution in [0.1, 0.15) is 50.0 Å². The van der Waals surface area contributed by atoms with Crippen LogP contribution in [-0.2, 0) is 4.79 Å². The van der Waals surface area contributed by atoms with Crippen LogP contribution in [0.5, 0.6) is 0 Å². The number of nitrogens with one attached hydrogen (secondary N) is 1. The van der Waals surface area contributed by atoms with Crippen LogP contribution in [0.4, 0.5) is 0 Å². The van der Waals surface area contributed by atoms with Gasteiger partial charge in [0, 0.05) is 11.7 Å². The fourth-order valence-electron chi connectivity index (χ4n) is 2.42. The van der Waals surface area contributed by atoms with E-state index < -0.39 is 0 Å². The van der Waals surface area contributed by atoms with Crippen molar-refractivity contribution in [2.45, 2.75) is 58.5 Å². The Morgan fingerprint density at radius 2 is 2.12 bits per heavy atom. The lowest BCUT2D eigenvalue weighted by Crippen LogP contribution is -2.37. The molecule has 1 heterocycles. The SMILES string of the molecule is Cc1ncn(C(C)C(=O)NC2CCCC2)c1C. The van der Waals surface area contributed by atoms with E-state index in [0.717, 1.165) is 24.2 Å². The quantitative estimate of drug-likeness (QED) is 0.872. The molecule has 0 aliphatic heterocycles. The summed E-state index contributed by atoms with van der Waals surface area (Å²) < 4.78 is 1.94. The highest BCUT2D eigenvalue weighted by Crippen LogP contribution is 2.19. The Balaban J connectivity index is 2.01. The molecule has 1 aromatic rings. The van der Waals surface area contributed by atoms with E-state index in [1.165, 1.54) is 12.8 Å². The molecule has 1 aliphatic carbocycles. The van der Waals surface area contributed by atoms with Crippen molar-refractivity contribution in [3.63, 3.8) is 0 Å². The van der Waals surface area contributed by atoms with Gasteiger partial charge in [0.25, 0.3) is 0 Å². The largest absolute Gasteiger partial charge is 0.352 e. The third-order valence-electron chi connectivity index (χ3n) is 3.78. The highest BCUT2D eigenvalue weighted by Gasteiger charge is 2.22. The molecule has 1 unspecified atom stereocenters. The van der Waals surface area contributed by atoms with E-state index in [-0.39, 0.29) is 11.9 Å². The molecular formula is C13H21N3O. The number of hydrogen-bond acceptors (Lipinski definition) is 2. The molecule has 17 heavy (non-hydrogen) atoms. The van der Waals surface area contributed by atoms with Gasteiger partial charge < -0.3 is 9.88 Å². The molecule has 0 spiro atoms. The van der Waals surface area contributed by atoms with Gasteiger partial charge in [0.05, 0.1) is 12.0 Å². The van der Waals surface area contributed by atoms with E-state index in [2.05, 4.69) is 10.3 Å². The lowest BCUT2D eigenvalue weighted by atomic mass is 10.2. The molecule has 4 nitrogen and oxygen atoms in total. The zero-order valence-electron chi connectivity index (χ0n) is 10.9. The molecule has 2 rings (SSSR count). The molecule has 1 aliphatic rings. The van der Waals surface area contributed by atoms with Gasteiger partial charge in [-0.15, -0.1) is 0 Å². The number of carbonyl (C=O) groups excluding carboxylic acids is 1. The lowest BCUT2D eigenvalue weighted by Gasteiger charge is -2.18. The maximum Gasteiger partial charge on any atom is 0.243 e. The van der Waals surface area contributed by atoms with Crippen LogP contribution in [0, 0.1) is 13.8 Å². The van der Waals surface area contributed by atoms with Gasteiger partial charge in [-0.3, -0.25) is 4.79 Å². The molecule has 94 valence electrons. The minimum atomic E-state index is -0.170. The molecule has 1 amide bonds. The van der Waals surface area contributed by atoms with Crippen molar-refractivity contribution < 1.29 is 4.79 Å². The van der Waals surface area contributed by atoms with Crippen molar-refractivity contribution in [2.75, 3.05) is 0 Å². The maximum absolute atomic E-state index is 12.1. The van der Waals surface area contributed by atoms with Crippen LogP contribution in [0.2, 0.25) is 0 Å². The highest BCUT2D eigenvalue weighted by molar-refractivity contribution is 5.80. The van der Waals surface area contributed by atoms with Crippen molar-refractivity contribution in [3.05, 3.63) is 17.7 Å². The van der Waals surface area contributed by atoms with Crippen LogP contribution in [0.25, 0.3) is 0 Å². The van der Waals surface area contributed by atoms with Crippen LogP contribution in [-0.4, -0.2) is 21.5 Å². The van der Waals surface area contributed by atoms with E-state index in [1.54, 1.807) is 6.33 Å². The van der Waals surface area contributed by atoms with Gasteiger partial charge in [0.2, 0.25) is 5.91 Å². The summed E-state index contributed by atoms with van der Waals surface area (Å²) in [6.45, 7) is 5.90. The van der Waals surface area contributed by atoms with E-state index in [1.807, 2.05) is 25.3 Å². The zero-order chi connectivity index (χ0) is 12.4. The predicted octanol–water partition coefficient (Wildman–Crippen LogP) is 2.12. The number of amides is 1. The smallest absolute Gasteiger partial charge is 0.243 e. The normalized spacial score (nSPS) is 18.3. The Hall–Kier alpha value is -1.32. The molecule has 0 aromatic carbocycles. The molecule has 0 radical (unpaired) electrons. The average Bonchev–Trinajstić information content (AvgIpc) is 2.90. The van der Waals surface area contributed by atoms with Crippen molar-refractivity contribution in [1.82, 2.24) is 14.9 Å². The van der Waals surface area contributed by atoms with E-state index in [4.69, 9.17) is 0 Å². The van der Waals surface area contributed by atoms with Gasteiger partial charge in [-0.25, -0.2) is 4.98 Å². The molecule has 1 aromatic heterocycles.